The maximum absolute atomic E-state index is 13.3. The van der Waals surface area contributed by atoms with Crippen LogP contribution in [0.25, 0.3) is 0 Å². The van der Waals surface area contributed by atoms with Crippen molar-refractivity contribution in [1.29, 1.82) is 0 Å². The molecule has 1 atom stereocenters. The van der Waals surface area contributed by atoms with E-state index in [0.717, 1.165) is 6.07 Å². The van der Waals surface area contributed by atoms with E-state index in [4.69, 9.17) is 16.3 Å². The third kappa shape index (κ3) is 7.54. The van der Waals surface area contributed by atoms with Crippen LogP contribution < -0.4 is 10.1 Å². The number of ether oxygens (including phenoxy) is 2. The molecule has 1 N–H and O–H groups in total. The number of alkyl halides is 3. The summed E-state index contributed by atoms with van der Waals surface area (Å²) in [7, 11) is 0. The molecule has 0 bridgehead atoms. The number of nitrogens with one attached hydrogen (secondary N) is 1. The first-order chi connectivity index (χ1) is 13.5. The van der Waals surface area contributed by atoms with Gasteiger partial charge in [0.2, 0.25) is 5.91 Å². The Bertz CT molecular complexity index is 773. The number of carbonyl (C=O) groups excluding carboxylic acids is 2. The fourth-order valence-electron chi connectivity index (χ4n) is 2.66. The summed E-state index contributed by atoms with van der Waals surface area (Å²) >= 11 is 5.55. The van der Waals surface area contributed by atoms with Gasteiger partial charge in [0, 0.05) is 31.3 Å². The number of benzene rings is 1. The normalized spacial score (nSPS) is 16.8. The van der Waals surface area contributed by atoms with Crippen molar-refractivity contribution >= 4 is 23.4 Å². The molecule has 1 saturated heterocycles. The summed E-state index contributed by atoms with van der Waals surface area (Å²) in [5.41, 5.74) is 0.309. The largest absolute Gasteiger partial charge is 0.522 e. The van der Waals surface area contributed by atoms with Crippen molar-refractivity contribution in [3.8, 4) is 5.75 Å². The SMILES string of the molecule is C=C(CCN1CC[C@@H](COC(F)(F)F)C1=O)NC(=O)COc1ccc(Cl)c(F)c1. The van der Waals surface area contributed by atoms with E-state index in [1.807, 2.05) is 0 Å². The number of likely N-dealkylation sites (tertiary alicyclic amines) is 1. The van der Waals surface area contributed by atoms with Crippen molar-refractivity contribution in [2.24, 2.45) is 5.92 Å². The summed E-state index contributed by atoms with van der Waals surface area (Å²) in [5, 5.41) is 2.41. The van der Waals surface area contributed by atoms with Gasteiger partial charge in [0.15, 0.2) is 6.61 Å². The van der Waals surface area contributed by atoms with Gasteiger partial charge in [-0.1, -0.05) is 18.2 Å². The van der Waals surface area contributed by atoms with E-state index in [1.165, 1.54) is 17.0 Å². The van der Waals surface area contributed by atoms with Crippen molar-refractivity contribution in [3.63, 3.8) is 0 Å². The lowest BCUT2D eigenvalue weighted by molar-refractivity contribution is -0.327. The monoisotopic (exact) mass is 438 g/mol. The first-order valence-corrected chi connectivity index (χ1v) is 8.98. The van der Waals surface area contributed by atoms with Gasteiger partial charge in [0.1, 0.15) is 11.6 Å². The molecule has 1 aliphatic rings. The molecule has 0 radical (unpaired) electrons. The van der Waals surface area contributed by atoms with E-state index >= 15 is 0 Å². The number of hydrogen-bond donors (Lipinski definition) is 1. The second-order valence-corrected chi connectivity index (χ2v) is 6.74. The van der Waals surface area contributed by atoms with E-state index in [9.17, 15) is 27.2 Å². The molecule has 0 aromatic heterocycles. The molecular formula is C18H19ClF4N2O4. The Morgan fingerprint density at radius 2 is 2.10 bits per heavy atom. The number of carbonyl (C=O) groups is 2. The van der Waals surface area contributed by atoms with Gasteiger partial charge in [0.25, 0.3) is 5.91 Å². The third-order valence-corrected chi connectivity index (χ3v) is 4.42. The van der Waals surface area contributed by atoms with Crippen molar-refractivity contribution in [2.75, 3.05) is 26.3 Å². The number of nitrogens with zero attached hydrogens (tertiary/aromatic N) is 1. The number of halogens is 5. The molecule has 2 amide bonds. The van der Waals surface area contributed by atoms with Crippen LogP contribution >= 0.6 is 11.6 Å². The third-order valence-electron chi connectivity index (χ3n) is 4.12. The zero-order valence-corrected chi connectivity index (χ0v) is 16.0. The molecule has 0 spiro atoms. The molecule has 160 valence electrons. The zero-order chi connectivity index (χ0) is 21.6. The summed E-state index contributed by atoms with van der Waals surface area (Å²) in [6.07, 6.45) is -4.29. The molecule has 2 rings (SSSR count). The molecule has 11 heteroatoms. The van der Waals surface area contributed by atoms with E-state index in [1.54, 1.807) is 0 Å². The van der Waals surface area contributed by atoms with Crippen molar-refractivity contribution < 1.29 is 36.6 Å². The van der Waals surface area contributed by atoms with Crippen LogP contribution in [0.2, 0.25) is 5.02 Å². The van der Waals surface area contributed by atoms with Crippen LogP contribution in [0.4, 0.5) is 17.6 Å². The summed E-state index contributed by atoms with van der Waals surface area (Å²) in [6.45, 7) is 3.08. The Morgan fingerprint density at radius 1 is 1.38 bits per heavy atom. The molecule has 1 heterocycles. The quantitative estimate of drug-likeness (QED) is 0.601. The minimum atomic E-state index is -4.77. The topological polar surface area (TPSA) is 67.9 Å². The molecule has 1 fully saturated rings. The van der Waals surface area contributed by atoms with E-state index < -0.39 is 36.5 Å². The molecule has 29 heavy (non-hydrogen) atoms. The Kier molecular flexibility index (Phi) is 7.86. The highest BCUT2D eigenvalue weighted by Crippen LogP contribution is 2.24. The van der Waals surface area contributed by atoms with Gasteiger partial charge in [-0.25, -0.2) is 4.39 Å². The Labute approximate surface area is 169 Å². The van der Waals surface area contributed by atoms with Crippen LogP contribution in [0.3, 0.4) is 0 Å². The maximum Gasteiger partial charge on any atom is 0.522 e. The first-order valence-electron chi connectivity index (χ1n) is 8.60. The van der Waals surface area contributed by atoms with Gasteiger partial charge in [-0.05, 0) is 18.6 Å². The molecular weight excluding hydrogens is 420 g/mol. The summed E-state index contributed by atoms with van der Waals surface area (Å²) in [4.78, 5) is 25.3. The van der Waals surface area contributed by atoms with Crippen LogP contribution in [0.1, 0.15) is 12.8 Å². The number of rotatable bonds is 9. The molecule has 6 nitrogen and oxygen atoms in total. The van der Waals surface area contributed by atoms with Crippen LogP contribution in [0, 0.1) is 11.7 Å². The molecule has 0 saturated carbocycles. The second kappa shape index (κ2) is 9.93. The lowest BCUT2D eigenvalue weighted by Crippen LogP contribution is -2.33. The highest BCUT2D eigenvalue weighted by molar-refractivity contribution is 6.30. The minimum Gasteiger partial charge on any atom is -0.484 e. The average Bonchev–Trinajstić information content (AvgIpc) is 2.98. The number of hydrogen-bond acceptors (Lipinski definition) is 4. The summed E-state index contributed by atoms with van der Waals surface area (Å²) in [5.74, 6) is -2.35. The standard InChI is InChI=1S/C18H19ClF4N2O4/c1-11(24-16(26)10-28-13-2-3-14(19)15(20)8-13)4-6-25-7-5-12(17(25)27)9-29-18(21,22)23/h2-3,8,12H,1,4-7,9-10H2,(H,24,26)/t12-/m0/s1. The lowest BCUT2D eigenvalue weighted by Gasteiger charge is -2.18. The highest BCUT2D eigenvalue weighted by Gasteiger charge is 2.36. The fraction of sp³-hybridized carbons (Fsp3) is 0.444. The molecule has 1 aromatic rings. The average molecular weight is 439 g/mol. The van der Waals surface area contributed by atoms with E-state index in [0.29, 0.717) is 12.2 Å². The van der Waals surface area contributed by atoms with Crippen molar-refractivity contribution in [3.05, 3.63) is 41.3 Å². The Balaban J connectivity index is 1.69. The van der Waals surface area contributed by atoms with Crippen LogP contribution in [0.15, 0.2) is 30.5 Å². The maximum atomic E-state index is 13.3. The van der Waals surface area contributed by atoms with Crippen LogP contribution in [0.5, 0.6) is 5.75 Å². The van der Waals surface area contributed by atoms with Gasteiger partial charge < -0.3 is 15.0 Å². The van der Waals surface area contributed by atoms with Crippen LogP contribution in [-0.2, 0) is 14.3 Å². The van der Waals surface area contributed by atoms with Gasteiger partial charge >= 0.3 is 6.36 Å². The Hall–Kier alpha value is -2.33. The van der Waals surface area contributed by atoms with Gasteiger partial charge in [0.05, 0.1) is 17.5 Å². The predicted molar refractivity (Wildman–Crippen MR) is 95.5 cm³/mol. The Morgan fingerprint density at radius 3 is 2.76 bits per heavy atom. The molecule has 1 aliphatic heterocycles. The molecule has 0 aliphatic carbocycles. The van der Waals surface area contributed by atoms with Gasteiger partial charge in [-0.2, -0.15) is 0 Å². The van der Waals surface area contributed by atoms with Crippen LogP contribution in [-0.4, -0.2) is 49.4 Å². The second-order valence-electron chi connectivity index (χ2n) is 6.33. The smallest absolute Gasteiger partial charge is 0.484 e. The van der Waals surface area contributed by atoms with E-state index in [-0.39, 0.29) is 36.8 Å². The lowest BCUT2D eigenvalue weighted by atomic mass is 10.1. The fourth-order valence-corrected chi connectivity index (χ4v) is 2.77. The van der Waals surface area contributed by atoms with Crippen molar-refractivity contribution in [2.45, 2.75) is 19.2 Å². The highest BCUT2D eigenvalue weighted by atomic mass is 35.5. The molecule has 0 unspecified atom stereocenters. The van der Waals surface area contributed by atoms with E-state index in [2.05, 4.69) is 16.6 Å². The summed E-state index contributed by atoms with van der Waals surface area (Å²) in [6, 6.07) is 3.75. The zero-order valence-electron chi connectivity index (χ0n) is 15.2. The predicted octanol–water partition coefficient (Wildman–Crippen LogP) is 3.26. The van der Waals surface area contributed by atoms with Crippen molar-refractivity contribution in [1.82, 2.24) is 10.2 Å². The molecule has 1 aromatic carbocycles. The number of amides is 2. The summed E-state index contributed by atoms with van der Waals surface area (Å²) < 4.78 is 58.4. The minimum absolute atomic E-state index is 0.0705. The first kappa shape index (κ1) is 23.0. The van der Waals surface area contributed by atoms with Gasteiger partial charge in [-0.3, -0.25) is 14.3 Å². The van der Waals surface area contributed by atoms with Gasteiger partial charge in [-0.15, -0.1) is 13.2 Å².